The lowest BCUT2D eigenvalue weighted by Crippen LogP contribution is -2.28. The molecule has 0 saturated heterocycles. The summed E-state index contributed by atoms with van der Waals surface area (Å²) >= 11 is 7.33. The fourth-order valence-corrected chi connectivity index (χ4v) is 3.65. The summed E-state index contributed by atoms with van der Waals surface area (Å²) in [5, 5.41) is 9.38. The van der Waals surface area contributed by atoms with Gasteiger partial charge in [0.25, 0.3) is 0 Å². The molecule has 2 atom stereocenters. The van der Waals surface area contributed by atoms with Crippen LogP contribution in [0.3, 0.4) is 0 Å². The van der Waals surface area contributed by atoms with Crippen molar-refractivity contribution in [1.82, 2.24) is 0 Å². The Kier molecular flexibility index (Phi) is 4.88. The van der Waals surface area contributed by atoms with Crippen LogP contribution >= 0.6 is 23.4 Å². The third-order valence-electron chi connectivity index (χ3n) is 3.26. The van der Waals surface area contributed by atoms with Crippen molar-refractivity contribution < 1.29 is 14.7 Å². The lowest BCUT2D eigenvalue weighted by Gasteiger charge is -2.26. The quantitative estimate of drug-likeness (QED) is 0.922. The molecule has 5 heteroatoms. The predicted octanol–water partition coefficient (Wildman–Crippen LogP) is 3.64. The lowest BCUT2D eigenvalue weighted by atomic mass is 9.86. The third kappa shape index (κ3) is 4.25. The molecule has 0 aromatic heterocycles. The van der Waals surface area contributed by atoms with Crippen molar-refractivity contribution in [2.24, 2.45) is 5.92 Å². The standard InChI is InChI=1S/C14H15ClO3S/c15-10-2-4-11(5-3-10)19-13-7-9(8-14(17)18)1-6-12(13)16/h2-5,9,13H,1,6-8H2,(H,17,18). The average Bonchev–Trinajstić information content (AvgIpc) is 2.35. The Morgan fingerprint density at radius 3 is 2.68 bits per heavy atom. The SMILES string of the molecule is O=C(O)CC1CCC(=O)C(Sc2ccc(Cl)cc2)C1. The van der Waals surface area contributed by atoms with Crippen molar-refractivity contribution >= 4 is 35.1 Å². The molecule has 1 fully saturated rings. The summed E-state index contributed by atoms with van der Waals surface area (Å²) in [4.78, 5) is 23.6. The normalized spacial score (nSPS) is 23.3. The molecule has 3 nitrogen and oxygen atoms in total. The fraction of sp³-hybridized carbons (Fsp3) is 0.429. The van der Waals surface area contributed by atoms with Gasteiger partial charge in [-0.3, -0.25) is 9.59 Å². The second-order valence-corrected chi connectivity index (χ2v) is 6.48. The lowest BCUT2D eigenvalue weighted by molar-refractivity contribution is -0.139. The second-order valence-electron chi connectivity index (χ2n) is 4.76. The minimum absolute atomic E-state index is 0.111. The fourth-order valence-electron chi connectivity index (χ4n) is 2.28. The predicted molar refractivity (Wildman–Crippen MR) is 75.7 cm³/mol. The second kappa shape index (κ2) is 6.44. The van der Waals surface area contributed by atoms with E-state index >= 15 is 0 Å². The topological polar surface area (TPSA) is 54.4 Å². The van der Waals surface area contributed by atoms with E-state index in [9.17, 15) is 9.59 Å². The number of hydrogen-bond acceptors (Lipinski definition) is 3. The van der Waals surface area contributed by atoms with Gasteiger partial charge in [-0.25, -0.2) is 0 Å². The van der Waals surface area contributed by atoms with E-state index < -0.39 is 5.97 Å². The first kappa shape index (κ1) is 14.4. The van der Waals surface area contributed by atoms with E-state index in [-0.39, 0.29) is 23.4 Å². The van der Waals surface area contributed by atoms with Crippen LogP contribution in [0, 0.1) is 5.92 Å². The molecule has 0 spiro atoms. The highest BCUT2D eigenvalue weighted by Crippen LogP contribution is 2.35. The van der Waals surface area contributed by atoms with Crippen LogP contribution in [0.15, 0.2) is 29.2 Å². The Morgan fingerprint density at radius 2 is 2.05 bits per heavy atom. The average molecular weight is 299 g/mol. The van der Waals surface area contributed by atoms with E-state index in [1.54, 1.807) is 12.1 Å². The Hall–Kier alpha value is -1.00. The molecular formula is C14H15ClO3S. The van der Waals surface area contributed by atoms with Gasteiger partial charge in [-0.2, -0.15) is 0 Å². The molecule has 1 aromatic rings. The zero-order valence-corrected chi connectivity index (χ0v) is 11.9. The van der Waals surface area contributed by atoms with E-state index in [0.717, 1.165) is 4.90 Å². The number of carboxylic acid groups (broad SMARTS) is 1. The van der Waals surface area contributed by atoms with E-state index in [0.29, 0.717) is 24.3 Å². The first-order chi connectivity index (χ1) is 9.04. The van der Waals surface area contributed by atoms with Gasteiger partial charge in [0.1, 0.15) is 5.78 Å². The Bertz CT molecular complexity index is 472. The van der Waals surface area contributed by atoms with Crippen LogP contribution in [0.25, 0.3) is 0 Å². The van der Waals surface area contributed by atoms with E-state index in [2.05, 4.69) is 0 Å². The van der Waals surface area contributed by atoms with Gasteiger partial charge in [0.15, 0.2) is 0 Å². The molecule has 0 radical (unpaired) electrons. The highest BCUT2D eigenvalue weighted by Gasteiger charge is 2.30. The molecule has 0 aliphatic heterocycles. The maximum Gasteiger partial charge on any atom is 0.303 e. The summed E-state index contributed by atoms with van der Waals surface area (Å²) in [5.41, 5.74) is 0. The third-order valence-corrected chi connectivity index (χ3v) is 4.80. The van der Waals surface area contributed by atoms with Crippen molar-refractivity contribution in [2.75, 3.05) is 0 Å². The molecule has 1 aliphatic carbocycles. The number of halogens is 1. The molecule has 19 heavy (non-hydrogen) atoms. The van der Waals surface area contributed by atoms with E-state index in [1.165, 1.54) is 11.8 Å². The first-order valence-corrected chi connectivity index (χ1v) is 7.47. The maximum atomic E-state index is 11.9. The molecule has 2 unspecified atom stereocenters. The van der Waals surface area contributed by atoms with Crippen molar-refractivity contribution in [1.29, 1.82) is 0 Å². The first-order valence-electron chi connectivity index (χ1n) is 6.21. The van der Waals surface area contributed by atoms with Gasteiger partial charge in [-0.15, -0.1) is 11.8 Å². The number of rotatable bonds is 4. The van der Waals surface area contributed by atoms with Gasteiger partial charge in [-0.05, 0) is 43.0 Å². The summed E-state index contributed by atoms with van der Waals surface area (Å²) in [6.07, 6.45) is 2.00. The number of ketones is 1. The van der Waals surface area contributed by atoms with Crippen LogP contribution in [-0.2, 0) is 9.59 Å². The van der Waals surface area contributed by atoms with Crippen LogP contribution in [0.1, 0.15) is 25.7 Å². The number of aliphatic carboxylic acids is 1. The molecule has 102 valence electrons. The monoisotopic (exact) mass is 298 g/mol. The molecule has 1 N–H and O–H groups in total. The minimum atomic E-state index is -0.783. The minimum Gasteiger partial charge on any atom is -0.481 e. The Morgan fingerprint density at radius 1 is 1.37 bits per heavy atom. The number of thioether (sulfide) groups is 1. The highest BCUT2D eigenvalue weighted by atomic mass is 35.5. The van der Waals surface area contributed by atoms with Gasteiger partial charge in [-0.1, -0.05) is 11.6 Å². The van der Waals surface area contributed by atoms with Gasteiger partial charge in [0, 0.05) is 22.8 Å². The van der Waals surface area contributed by atoms with E-state index in [4.69, 9.17) is 16.7 Å². The summed E-state index contributed by atoms with van der Waals surface area (Å²) < 4.78 is 0. The van der Waals surface area contributed by atoms with Crippen molar-refractivity contribution in [2.45, 2.75) is 35.8 Å². The number of carbonyl (C=O) groups is 2. The van der Waals surface area contributed by atoms with Crippen molar-refractivity contribution in [3.8, 4) is 0 Å². The molecule has 2 rings (SSSR count). The van der Waals surface area contributed by atoms with Crippen molar-refractivity contribution in [3.63, 3.8) is 0 Å². The van der Waals surface area contributed by atoms with Crippen LogP contribution in [0.5, 0.6) is 0 Å². The van der Waals surface area contributed by atoms with Gasteiger partial charge in [0.05, 0.1) is 5.25 Å². The Labute approximate surface area is 121 Å². The number of carboxylic acids is 1. The van der Waals surface area contributed by atoms with E-state index in [1.807, 2.05) is 12.1 Å². The highest BCUT2D eigenvalue weighted by molar-refractivity contribution is 8.00. The van der Waals surface area contributed by atoms with Gasteiger partial charge >= 0.3 is 5.97 Å². The largest absolute Gasteiger partial charge is 0.481 e. The maximum absolute atomic E-state index is 11.9. The van der Waals surface area contributed by atoms with Gasteiger partial charge in [0.2, 0.25) is 0 Å². The van der Waals surface area contributed by atoms with Crippen molar-refractivity contribution in [3.05, 3.63) is 29.3 Å². The molecular weight excluding hydrogens is 284 g/mol. The molecule has 1 aliphatic rings. The molecule has 0 amide bonds. The summed E-state index contributed by atoms with van der Waals surface area (Å²) in [7, 11) is 0. The number of Topliss-reactive ketones (excluding diaryl/α,β-unsaturated/α-hetero) is 1. The summed E-state index contributed by atoms with van der Waals surface area (Å²) in [6, 6.07) is 7.38. The smallest absolute Gasteiger partial charge is 0.303 e. The summed E-state index contributed by atoms with van der Waals surface area (Å²) in [5.74, 6) is -0.448. The zero-order chi connectivity index (χ0) is 13.8. The number of carbonyl (C=O) groups excluding carboxylic acids is 1. The molecule has 1 aromatic carbocycles. The van der Waals surface area contributed by atoms with Crippen LogP contribution < -0.4 is 0 Å². The molecule has 0 heterocycles. The van der Waals surface area contributed by atoms with Gasteiger partial charge < -0.3 is 5.11 Å². The molecule has 0 bridgehead atoms. The molecule has 1 saturated carbocycles. The van der Waals surface area contributed by atoms with Crippen LogP contribution in [0.2, 0.25) is 5.02 Å². The summed E-state index contributed by atoms with van der Waals surface area (Å²) in [6.45, 7) is 0. The van der Waals surface area contributed by atoms with Crippen LogP contribution in [0.4, 0.5) is 0 Å². The Balaban J connectivity index is 1.99. The van der Waals surface area contributed by atoms with Crippen LogP contribution in [-0.4, -0.2) is 22.1 Å². The zero-order valence-electron chi connectivity index (χ0n) is 10.3. The number of benzene rings is 1. The number of hydrogen-bond donors (Lipinski definition) is 1.